The van der Waals surface area contributed by atoms with E-state index in [0.29, 0.717) is 22.2 Å². The normalized spacial score (nSPS) is 21.8. The Morgan fingerprint density at radius 1 is 1.12 bits per heavy atom. The minimum absolute atomic E-state index is 0.0161. The monoisotopic (exact) mass is 451 g/mol. The van der Waals surface area contributed by atoms with Gasteiger partial charge in [-0.2, -0.15) is 5.26 Å². The summed E-state index contributed by atoms with van der Waals surface area (Å²) < 4.78 is 11.6. The van der Waals surface area contributed by atoms with Crippen molar-refractivity contribution in [2.24, 2.45) is 5.73 Å². The lowest BCUT2D eigenvalue weighted by atomic mass is 9.68. The molecule has 0 saturated heterocycles. The zero-order chi connectivity index (χ0) is 24.2. The Morgan fingerprint density at radius 2 is 1.85 bits per heavy atom. The maximum absolute atomic E-state index is 14.6. The molecule has 7 nitrogen and oxygen atoms in total. The fourth-order valence-corrected chi connectivity index (χ4v) is 5.86. The number of allylic oxidation sites excluding steroid dienone is 1. The van der Waals surface area contributed by atoms with Crippen molar-refractivity contribution in [2.45, 2.75) is 38.6 Å². The zero-order valence-corrected chi connectivity index (χ0v) is 19.1. The summed E-state index contributed by atoms with van der Waals surface area (Å²) in [5.74, 6) is -0.472. The molecule has 2 aromatic carbocycles. The summed E-state index contributed by atoms with van der Waals surface area (Å²) >= 11 is 0. The highest BCUT2D eigenvalue weighted by Crippen LogP contribution is 2.59. The molecule has 3 aromatic rings. The lowest BCUT2D eigenvalue weighted by Gasteiger charge is -2.40. The summed E-state index contributed by atoms with van der Waals surface area (Å²) in [6, 6.07) is 12.9. The van der Waals surface area contributed by atoms with E-state index in [9.17, 15) is 14.9 Å². The molecule has 0 fully saturated rings. The Balaban J connectivity index is 1.87. The lowest BCUT2D eigenvalue weighted by Crippen LogP contribution is -2.54. The van der Waals surface area contributed by atoms with Crippen LogP contribution in [-0.4, -0.2) is 11.4 Å². The molecule has 34 heavy (non-hydrogen) atoms. The van der Waals surface area contributed by atoms with Gasteiger partial charge in [0.05, 0.1) is 16.6 Å². The Morgan fingerprint density at radius 3 is 2.59 bits per heavy atom. The summed E-state index contributed by atoms with van der Waals surface area (Å²) in [5.41, 5.74) is 7.30. The van der Waals surface area contributed by atoms with Crippen molar-refractivity contribution >= 4 is 28.1 Å². The standard InChI is InChI=1S/C27H21N3O4/c1-13-9-16-14(2)11-26(3,4)30-21(16)17(10-13)27(25(30)32)18(12-28)23(29)34-22-15-7-5-6-8-19(15)33-24(31)20(22)27/h5-11H,29H2,1-4H3/t27-/m1/s1. The zero-order valence-electron chi connectivity index (χ0n) is 19.1. The van der Waals surface area contributed by atoms with Gasteiger partial charge in [-0.1, -0.05) is 29.8 Å². The third-order valence-corrected chi connectivity index (χ3v) is 7.06. The smallest absolute Gasteiger partial charge is 0.345 e. The highest BCUT2D eigenvalue weighted by atomic mass is 16.5. The summed E-state index contributed by atoms with van der Waals surface area (Å²) in [6.07, 6.45) is 2.03. The van der Waals surface area contributed by atoms with Crippen LogP contribution in [0.5, 0.6) is 5.75 Å². The number of carbonyl (C=O) groups excluding carboxylic acids is 1. The van der Waals surface area contributed by atoms with Gasteiger partial charge >= 0.3 is 5.63 Å². The van der Waals surface area contributed by atoms with Crippen LogP contribution in [-0.2, 0) is 10.2 Å². The predicted molar refractivity (Wildman–Crippen MR) is 127 cm³/mol. The van der Waals surface area contributed by atoms with Crippen LogP contribution in [0.1, 0.15) is 43.0 Å². The summed E-state index contributed by atoms with van der Waals surface area (Å²) in [6.45, 7) is 7.79. The van der Waals surface area contributed by atoms with Gasteiger partial charge in [-0.15, -0.1) is 0 Å². The number of para-hydroxylation sites is 1. The van der Waals surface area contributed by atoms with Gasteiger partial charge in [0.15, 0.2) is 11.2 Å². The molecule has 3 aliphatic rings. The minimum atomic E-state index is -1.77. The summed E-state index contributed by atoms with van der Waals surface area (Å²) in [7, 11) is 0. The van der Waals surface area contributed by atoms with Crippen LogP contribution in [0.25, 0.3) is 16.5 Å². The van der Waals surface area contributed by atoms with Crippen LogP contribution in [0.2, 0.25) is 0 Å². The maximum atomic E-state index is 14.6. The number of hydrogen-bond donors (Lipinski definition) is 1. The molecule has 1 spiro atoms. The first-order valence-electron chi connectivity index (χ1n) is 11.0. The van der Waals surface area contributed by atoms with E-state index in [1.807, 2.05) is 45.9 Å². The number of benzene rings is 2. The number of amides is 1. The average molecular weight is 451 g/mol. The lowest BCUT2D eigenvalue weighted by molar-refractivity contribution is -0.121. The van der Waals surface area contributed by atoms with E-state index in [2.05, 4.69) is 6.07 Å². The fraction of sp³-hybridized carbons (Fsp3) is 0.222. The number of nitrogens with two attached hydrogens (primary N) is 1. The average Bonchev–Trinajstić information content (AvgIpc) is 3.02. The fourth-order valence-electron chi connectivity index (χ4n) is 5.86. The van der Waals surface area contributed by atoms with Gasteiger partial charge in [0.25, 0.3) is 0 Å². The number of rotatable bonds is 0. The number of anilines is 1. The third-order valence-electron chi connectivity index (χ3n) is 7.06. The van der Waals surface area contributed by atoms with Gasteiger partial charge in [0, 0.05) is 11.1 Å². The highest BCUT2D eigenvalue weighted by Gasteiger charge is 2.64. The Bertz CT molecular complexity index is 1650. The van der Waals surface area contributed by atoms with E-state index in [1.165, 1.54) is 0 Å². The molecule has 168 valence electrons. The Labute approximate surface area is 195 Å². The van der Waals surface area contributed by atoms with Crippen LogP contribution >= 0.6 is 0 Å². The van der Waals surface area contributed by atoms with Crippen LogP contribution in [0.4, 0.5) is 5.69 Å². The molecule has 6 rings (SSSR count). The van der Waals surface area contributed by atoms with Gasteiger partial charge in [-0.3, -0.25) is 4.79 Å². The molecule has 0 bridgehead atoms. The summed E-state index contributed by atoms with van der Waals surface area (Å²) in [4.78, 5) is 29.8. The first kappa shape index (κ1) is 20.3. The van der Waals surface area contributed by atoms with Crippen LogP contribution in [0.15, 0.2) is 63.1 Å². The number of aryl methyl sites for hydroxylation is 1. The third kappa shape index (κ3) is 2.15. The van der Waals surface area contributed by atoms with Crippen molar-refractivity contribution in [1.82, 2.24) is 0 Å². The number of ether oxygens (including phenoxy) is 1. The second kappa shape index (κ2) is 6.17. The molecule has 0 saturated carbocycles. The molecular weight excluding hydrogens is 430 g/mol. The van der Waals surface area contributed by atoms with Gasteiger partial charge < -0.3 is 19.8 Å². The van der Waals surface area contributed by atoms with Gasteiger partial charge in [0.2, 0.25) is 11.8 Å². The molecule has 0 aliphatic carbocycles. The van der Waals surface area contributed by atoms with Gasteiger partial charge in [-0.25, -0.2) is 4.79 Å². The van der Waals surface area contributed by atoms with E-state index < -0.39 is 22.5 Å². The van der Waals surface area contributed by atoms with Crippen molar-refractivity contribution < 1.29 is 13.9 Å². The molecule has 0 unspecified atom stereocenters. The van der Waals surface area contributed by atoms with E-state index in [-0.39, 0.29) is 22.8 Å². The first-order valence-corrected chi connectivity index (χ1v) is 11.0. The van der Waals surface area contributed by atoms with E-state index in [4.69, 9.17) is 14.9 Å². The Kier molecular flexibility index (Phi) is 3.69. The minimum Gasteiger partial charge on any atom is -0.439 e. The topological polar surface area (TPSA) is 110 Å². The number of nitrogens with zero attached hydrogens (tertiary/aromatic N) is 2. The molecular formula is C27H21N3O4. The molecule has 1 amide bonds. The van der Waals surface area contributed by atoms with Crippen molar-refractivity contribution in [3.63, 3.8) is 0 Å². The molecule has 7 heteroatoms. The number of hydrogen-bond acceptors (Lipinski definition) is 6. The molecule has 2 N–H and O–H groups in total. The molecule has 3 aliphatic heterocycles. The molecule has 1 atom stereocenters. The quantitative estimate of drug-likeness (QED) is 0.517. The number of fused-ring (bicyclic) bond motifs is 5. The summed E-state index contributed by atoms with van der Waals surface area (Å²) in [5, 5.41) is 10.8. The van der Waals surface area contributed by atoms with Gasteiger partial charge in [-0.05, 0) is 51.5 Å². The number of nitriles is 1. The van der Waals surface area contributed by atoms with E-state index in [1.54, 1.807) is 29.2 Å². The van der Waals surface area contributed by atoms with Crippen molar-refractivity contribution in [3.8, 4) is 11.8 Å². The van der Waals surface area contributed by atoms with Crippen LogP contribution < -0.4 is 21.0 Å². The number of carbonyl (C=O) groups is 1. The van der Waals surface area contributed by atoms with Crippen molar-refractivity contribution in [3.05, 3.63) is 86.6 Å². The maximum Gasteiger partial charge on any atom is 0.345 e. The van der Waals surface area contributed by atoms with Gasteiger partial charge in [0.1, 0.15) is 22.8 Å². The largest absolute Gasteiger partial charge is 0.439 e. The highest BCUT2D eigenvalue weighted by molar-refractivity contribution is 6.18. The van der Waals surface area contributed by atoms with Crippen molar-refractivity contribution in [2.75, 3.05) is 4.90 Å². The van der Waals surface area contributed by atoms with E-state index in [0.717, 1.165) is 16.7 Å². The molecule has 0 radical (unpaired) electrons. The van der Waals surface area contributed by atoms with E-state index >= 15 is 0 Å². The second-order valence-electron chi connectivity index (χ2n) is 9.62. The Hall–Kier alpha value is -4.31. The molecule has 4 heterocycles. The second-order valence-corrected chi connectivity index (χ2v) is 9.62. The molecule has 1 aromatic heterocycles. The van der Waals surface area contributed by atoms with Crippen LogP contribution in [0.3, 0.4) is 0 Å². The van der Waals surface area contributed by atoms with Crippen LogP contribution in [0, 0.1) is 18.3 Å². The first-order chi connectivity index (χ1) is 16.1. The van der Waals surface area contributed by atoms with Crippen molar-refractivity contribution in [1.29, 1.82) is 5.26 Å². The predicted octanol–water partition coefficient (Wildman–Crippen LogP) is 4.02. The SMILES string of the molecule is CC1=CC(C)(C)N2C(=O)[C@@]3(C(C#N)=C(N)Oc4c3c(=O)oc3ccccc43)c3cc(C)cc1c32.